The number of aromatic nitrogens is 2. The van der Waals surface area contributed by atoms with Crippen LogP contribution in [0.4, 0.5) is 5.69 Å². The molecule has 1 aromatic heterocycles. The molecule has 2 heterocycles. The van der Waals surface area contributed by atoms with Crippen LogP contribution < -0.4 is 5.32 Å². The number of hydrogen-bond donors (Lipinski definition) is 1. The number of hydrogen-bond acceptors (Lipinski definition) is 5. The van der Waals surface area contributed by atoms with Crippen molar-refractivity contribution in [3.05, 3.63) is 76.5 Å². The molecule has 1 saturated heterocycles. The minimum absolute atomic E-state index is 0. The number of likely N-dealkylation sites (N-methyl/N-ethyl adjacent to an activating group) is 1. The van der Waals surface area contributed by atoms with Crippen LogP contribution in [0.3, 0.4) is 0 Å². The van der Waals surface area contributed by atoms with Gasteiger partial charge in [-0.3, -0.25) is 15.0 Å². The van der Waals surface area contributed by atoms with E-state index in [2.05, 4.69) is 16.4 Å². The van der Waals surface area contributed by atoms with E-state index < -0.39 is 0 Å². The van der Waals surface area contributed by atoms with Crippen LogP contribution in [0.2, 0.25) is 0 Å². The van der Waals surface area contributed by atoms with Crippen molar-refractivity contribution in [3.63, 3.8) is 0 Å². The maximum Gasteiger partial charge on any atom is 0.269 e. The third-order valence-corrected chi connectivity index (χ3v) is 5.47. The lowest BCUT2D eigenvalue weighted by Crippen LogP contribution is -2.43. The van der Waals surface area contributed by atoms with E-state index in [0.29, 0.717) is 6.04 Å². The van der Waals surface area contributed by atoms with E-state index in [1.165, 1.54) is 12.8 Å². The van der Waals surface area contributed by atoms with Gasteiger partial charge >= 0.3 is 0 Å². The van der Waals surface area contributed by atoms with Gasteiger partial charge in [-0.1, -0.05) is 18.2 Å². The van der Waals surface area contributed by atoms with Gasteiger partial charge in [0, 0.05) is 48.6 Å². The highest BCUT2D eigenvalue weighted by atomic mass is 35.5. The number of piperidine rings is 1. The molecule has 0 bridgehead atoms. The van der Waals surface area contributed by atoms with Gasteiger partial charge in [-0.15, -0.1) is 12.4 Å². The Labute approximate surface area is 182 Å². The topological polar surface area (TPSA) is 76.2 Å². The molecular weight excluding hydrogens is 402 g/mol. The number of halogens is 1. The molecule has 158 valence electrons. The van der Waals surface area contributed by atoms with Crippen molar-refractivity contribution in [1.29, 1.82) is 0 Å². The maximum absolute atomic E-state index is 11.0. The zero-order chi connectivity index (χ0) is 20.2. The number of nitro benzene ring substituents is 1. The molecule has 1 unspecified atom stereocenters. The van der Waals surface area contributed by atoms with Gasteiger partial charge in [-0.25, -0.2) is 4.68 Å². The second-order valence-electron chi connectivity index (χ2n) is 7.45. The van der Waals surface area contributed by atoms with Gasteiger partial charge < -0.3 is 5.32 Å². The Balaban J connectivity index is 0.00000256. The zero-order valence-electron chi connectivity index (χ0n) is 16.9. The average Bonchev–Trinajstić information content (AvgIpc) is 3.18. The van der Waals surface area contributed by atoms with Crippen LogP contribution in [0, 0.1) is 10.1 Å². The van der Waals surface area contributed by atoms with Gasteiger partial charge in [0.2, 0.25) is 0 Å². The number of rotatable bonds is 6. The first-order valence-electron chi connectivity index (χ1n) is 9.92. The van der Waals surface area contributed by atoms with Gasteiger partial charge in [-0.05, 0) is 50.7 Å². The molecule has 0 radical (unpaired) electrons. The van der Waals surface area contributed by atoms with E-state index in [1.807, 2.05) is 42.1 Å². The van der Waals surface area contributed by atoms with Crippen molar-refractivity contribution in [2.75, 3.05) is 20.1 Å². The van der Waals surface area contributed by atoms with E-state index in [4.69, 9.17) is 5.10 Å². The molecule has 1 atom stereocenters. The molecule has 30 heavy (non-hydrogen) atoms. The first kappa shape index (κ1) is 22.0. The fourth-order valence-electron chi connectivity index (χ4n) is 3.90. The molecule has 0 spiro atoms. The lowest BCUT2D eigenvalue weighted by Gasteiger charge is -2.32. The fraction of sp³-hybridized carbons (Fsp3) is 0.318. The van der Waals surface area contributed by atoms with Crippen molar-refractivity contribution >= 4 is 18.1 Å². The SMILES string of the molecule is CNC1CCCN(Cc2cn(-c3ccccc3)nc2-c2ccc([N+](=O)[O-])cc2)C1.Cl. The van der Waals surface area contributed by atoms with Crippen LogP contribution in [0.1, 0.15) is 18.4 Å². The Kier molecular flexibility index (Phi) is 7.20. The molecule has 0 saturated carbocycles. The molecule has 8 heteroatoms. The number of non-ortho nitro benzene ring substituents is 1. The van der Waals surface area contributed by atoms with Crippen LogP contribution in [0.15, 0.2) is 60.8 Å². The van der Waals surface area contributed by atoms with Gasteiger partial charge in [0.25, 0.3) is 5.69 Å². The normalized spacial score (nSPS) is 16.8. The molecular formula is C22H26ClN5O2. The third kappa shape index (κ3) is 4.87. The molecule has 1 N–H and O–H groups in total. The van der Waals surface area contributed by atoms with Crippen molar-refractivity contribution in [1.82, 2.24) is 20.0 Å². The minimum atomic E-state index is -0.376. The van der Waals surface area contributed by atoms with Crippen LogP contribution in [-0.2, 0) is 6.54 Å². The summed E-state index contributed by atoms with van der Waals surface area (Å²) >= 11 is 0. The van der Waals surface area contributed by atoms with Crippen molar-refractivity contribution in [3.8, 4) is 16.9 Å². The van der Waals surface area contributed by atoms with Gasteiger partial charge in [0.1, 0.15) is 0 Å². The summed E-state index contributed by atoms with van der Waals surface area (Å²) in [4.78, 5) is 13.1. The summed E-state index contributed by atoms with van der Waals surface area (Å²) in [7, 11) is 2.02. The van der Waals surface area contributed by atoms with Gasteiger partial charge in [0.05, 0.1) is 16.3 Å². The van der Waals surface area contributed by atoms with E-state index >= 15 is 0 Å². The average molecular weight is 428 g/mol. The summed E-state index contributed by atoms with van der Waals surface area (Å²) in [5.41, 5.74) is 3.97. The number of likely N-dealkylation sites (tertiary alicyclic amines) is 1. The summed E-state index contributed by atoms with van der Waals surface area (Å²) in [5.74, 6) is 0. The second-order valence-corrected chi connectivity index (χ2v) is 7.45. The van der Waals surface area contributed by atoms with E-state index in [0.717, 1.165) is 42.1 Å². The molecule has 2 aromatic carbocycles. The van der Waals surface area contributed by atoms with Crippen LogP contribution in [0.25, 0.3) is 16.9 Å². The first-order chi connectivity index (χ1) is 14.1. The van der Waals surface area contributed by atoms with Crippen molar-refractivity contribution < 1.29 is 4.92 Å². The van der Waals surface area contributed by atoms with Gasteiger partial charge in [-0.2, -0.15) is 5.10 Å². The quantitative estimate of drug-likeness (QED) is 0.474. The molecule has 1 fully saturated rings. The highest BCUT2D eigenvalue weighted by Gasteiger charge is 2.21. The molecule has 1 aliphatic rings. The summed E-state index contributed by atoms with van der Waals surface area (Å²) in [6, 6.07) is 17.2. The number of benzene rings is 2. The molecule has 7 nitrogen and oxygen atoms in total. The highest BCUT2D eigenvalue weighted by molar-refractivity contribution is 5.85. The minimum Gasteiger partial charge on any atom is -0.316 e. The maximum atomic E-state index is 11.0. The highest BCUT2D eigenvalue weighted by Crippen LogP contribution is 2.27. The predicted molar refractivity (Wildman–Crippen MR) is 120 cm³/mol. The summed E-state index contributed by atoms with van der Waals surface area (Å²) in [6.45, 7) is 2.87. The number of nitrogens with zero attached hydrogens (tertiary/aromatic N) is 4. The standard InChI is InChI=1S/C22H25N5O2.ClH/c1-23-19-6-5-13-25(16-19)14-18-15-26(20-7-3-2-4-8-20)24-22(18)17-9-11-21(12-10-17)27(28)29;/h2-4,7-12,15,19,23H,5-6,13-14,16H2,1H3;1H. The van der Waals surface area contributed by atoms with Crippen molar-refractivity contribution in [2.45, 2.75) is 25.4 Å². The third-order valence-electron chi connectivity index (χ3n) is 5.47. The molecule has 3 aromatic rings. The lowest BCUT2D eigenvalue weighted by atomic mass is 10.0. The summed E-state index contributed by atoms with van der Waals surface area (Å²) in [6.07, 6.45) is 4.45. The Hall–Kier alpha value is -2.74. The van der Waals surface area contributed by atoms with E-state index in [-0.39, 0.29) is 23.0 Å². The van der Waals surface area contributed by atoms with Crippen molar-refractivity contribution in [2.24, 2.45) is 0 Å². The Morgan fingerprint density at radius 1 is 1.17 bits per heavy atom. The molecule has 0 amide bonds. The Morgan fingerprint density at radius 3 is 2.57 bits per heavy atom. The Bertz CT molecular complexity index is 975. The largest absolute Gasteiger partial charge is 0.316 e. The van der Waals surface area contributed by atoms with E-state index in [9.17, 15) is 10.1 Å². The summed E-state index contributed by atoms with van der Waals surface area (Å²) in [5, 5.41) is 19.2. The number of para-hydroxylation sites is 1. The van der Waals surface area contributed by atoms with Crippen LogP contribution in [0.5, 0.6) is 0 Å². The van der Waals surface area contributed by atoms with Gasteiger partial charge in [0.15, 0.2) is 0 Å². The Morgan fingerprint density at radius 2 is 1.90 bits per heavy atom. The number of nitrogens with one attached hydrogen (secondary N) is 1. The molecule has 4 rings (SSSR count). The lowest BCUT2D eigenvalue weighted by molar-refractivity contribution is -0.384. The fourth-order valence-corrected chi connectivity index (χ4v) is 3.90. The zero-order valence-corrected chi connectivity index (χ0v) is 17.7. The first-order valence-corrected chi connectivity index (χ1v) is 9.92. The predicted octanol–water partition coefficient (Wildman–Crippen LogP) is 4.05. The molecule has 1 aliphatic heterocycles. The number of nitro groups is 1. The van der Waals surface area contributed by atoms with Crippen LogP contribution in [-0.4, -0.2) is 45.8 Å². The summed E-state index contributed by atoms with van der Waals surface area (Å²) < 4.78 is 1.89. The smallest absolute Gasteiger partial charge is 0.269 e. The second kappa shape index (κ2) is 9.84. The van der Waals surface area contributed by atoms with Crippen LogP contribution >= 0.6 is 12.4 Å². The molecule has 0 aliphatic carbocycles. The van der Waals surface area contributed by atoms with E-state index in [1.54, 1.807) is 24.3 Å². The monoisotopic (exact) mass is 427 g/mol.